The van der Waals surface area contributed by atoms with E-state index >= 15 is 0 Å². The van der Waals surface area contributed by atoms with E-state index in [0.717, 1.165) is 16.8 Å². The Bertz CT molecular complexity index is 486. The van der Waals surface area contributed by atoms with Crippen molar-refractivity contribution in [3.05, 3.63) is 29.3 Å². The largest absolute Gasteiger partial charge is 0.481 e. The number of anilines is 1. The average Bonchev–Trinajstić information content (AvgIpc) is 2.45. The maximum atomic E-state index is 10.7. The molecule has 0 spiro atoms. The van der Waals surface area contributed by atoms with Crippen LogP contribution in [0.25, 0.3) is 0 Å². The monoisotopic (exact) mass is 348 g/mol. The number of alkyl halides is 2. The molecule has 0 radical (unpaired) electrons. The van der Waals surface area contributed by atoms with Crippen LogP contribution in [0.15, 0.2) is 18.2 Å². The van der Waals surface area contributed by atoms with E-state index in [1.165, 1.54) is 0 Å². The van der Waals surface area contributed by atoms with Crippen molar-refractivity contribution in [1.82, 2.24) is 0 Å². The molecule has 0 aromatic heterocycles. The summed E-state index contributed by atoms with van der Waals surface area (Å²) in [6.07, 6.45) is 0.438. The van der Waals surface area contributed by atoms with E-state index in [2.05, 4.69) is 0 Å². The van der Waals surface area contributed by atoms with Crippen LogP contribution in [0.3, 0.4) is 0 Å². The van der Waals surface area contributed by atoms with Crippen molar-refractivity contribution in [3.63, 3.8) is 0 Å². The number of hydrogen-bond donors (Lipinski definition) is 2. The minimum absolute atomic E-state index is 0.0577. The molecule has 5 nitrogen and oxygen atoms in total. The van der Waals surface area contributed by atoms with Crippen LogP contribution in [0.5, 0.6) is 0 Å². The maximum Gasteiger partial charge on any atom is 0.304 e. The van der Waals surface area contributed by atoms with Gasteiger partial charge in [-0.2, -0.15) is 0 Å². The van der Waals surface area contributed by atoms with E-state index in [-0.39, 0.29) is 6.42 Å². The lowest BCUT2D eigenvalue weighted by Crippen LogP contribution is -2.28. The molecule has 7 heteroatoms. The zero-order valence-electron chi connectivity index (χ0n) is 12.6. The molecular weight excluding hydrogens is 327 g/mol. The van der Waals surface area contributed by atoms with Crippen LogP contribution in [-0.2, 0) is 16.1 Å². The highest BCUT2D eigenvalue weighted by atomic mass is 35.5. The predicted molar refractivity (Wildman–Crippen MR) is 89.8 cm³/mol. The fraction of sp³-hybridized carbons (Fsp3) is 0.533. The fourth-order valence-corrected chi connectivity index (χ4v) is 2.32. The van der Waals surface area contributed by atoms with E-state index in [9.17, 15) is 4.79 Å². The first-order chi connectivity index (χ1) is 10.5. The molecule has 0 aliphatic carbocycles. The van der Waals surface area contributed by atoms with Gasteiger partial charge in [0.05, 0.1) is 25.3 Å². The summed E-state index contributed by atoms with van der Waals surface area (Å²) >= 11 is 11.4. The van der Waals surface area contributed by atoms with Gasteiger partial charge in [0, 0.05) is 17.8 Å². The van der Waals surface area contributed by atoms with Gasteiger partial charge in [-0.05, 0) is 36.6 Å². The summed E-state index contributed by atoms with van der Waals surface area (Å²) in [6, 6.07) is 5.43. The molecule has 0 aliphatic heterocycles. The standard InChI is InChI=1S/C15H22Cl2N2O3/c1-11-2-3-14(19(6-4-16)22-7-5-17)9-12(11)8-13(18)10-15(20)21/h2-3,9,13H,4-8,10,18H2,1H3,(H,20,21)/t13-/m1/s1. The van der Waals surface area contributed by atoms with E-state index in [4.69, 9.17) is 38.9 Å². The molecule has 0 unspecified atom stereocenters. The first-order valence-corrected chi connectivity index (χ1v) is 8.14. The second-order valence-electron chi connectivity index (χ2n) is 4.99. The summed E-state index contributed by atoms with van der Waals surface area (Å²) < 4.78 is 0. The molecule has 0 saturated carbocycles. The van der Waals surface area contributed by atoms with Crippen LogP contribution in [0.2, 0.25) is 0 Å². The number of nitrogens with two attached hydrogens (primary N) is 1. The van der Waals surface area contributed by atoms with Crippen molar-refractivity contribution in [3.8, 4) is 0 Å². The predicted octanol–water partition coefficient (Wildman–Crippen LogP) is 2.56. The molecule has 3 N–H and O–H groups in total. The smallest absolute Gasteiger partial charge is 0.304 e. The van der Waals surface area contributed by atoms with Gasteiger partial charge in [-0.25, -0.2) is 0 Å². The van der Waals surface area contributed by atoms with Gasteiger partial charge in [-0.1, -0.05) is 6.07 Å². The highest BCUT2D eigenvalue weighted by Crippen LogP contribution is 2.21. The highest BCUT2D eigenvalue weighted by Gasteiger charge is 2.13. The van der Waals surface area contributed by atoms with Gasteiger partial charge >= 0.3 is 5.97 Å². The normalized spacial score (nSPS) is 12.2. The Morgan fingerprint density at radius 2 is 2.14 bits per heavy atom. The lowest BCUT2D eigenvalue weighted by atomic mass is 9.99. The van der Waals surface area contributed by atoms with Crippen molar-refractivity contribution < 1.29 is 14.7 Å². The maximum absolute atomic E-state index is 10.7. The van der Waals surface area contributed by atoms with Crippen LogP contribution >= 0.6 is 23.2 Å². The topological polar surface area (TPSA) is 75.8 Å². The molecule has 1 aromatic rings. The quantitative estimate of drug-likeness (QED) is 0.502. The van der Waals surface area contributed by atoms with Crippen LogP contribution in [0, 0.1) is 6.92 Å². The molecule has 22 heavy (non-hydrogen) atoms. The van der Waals surface area contributed by atoms with E-state index < -0.39 is 12.0 Å². The zero-order chi connectivity index (χ0) is 16.5. The van der Waals surface area contributed by atoms with Crippen LogP contribution < -0.4 is 10.8 Å². The van der Waals surface area contributed by atoms with Crippen LogP contribution in [0.4, 0.5) is 5.69 Å². The highest BCUT2D eigenvalue weighted by molar-refractivity contribution is 6.18. The summed E-state index contributed by atoms with van der Waals surface area (Å²) in [5.74, 6) is -0.0825. The van der Waals surface area contributed by atoms with Crippen molar-refractivity contribution in [2.45, 2.75) is 25.8 Å². The molecule has 0 heterocycles. The number of benzene rings is 1. The van der Waals surface area contributed by atoms with Gasteiger partial charge in [0.15, 0.2) is 0 Å². The lowest BCUT2D eigenvalue weighted by molar-refractivity contribution is -0.137. The van der Waals surface area contributed by atoms with Gasteiger partial charge in [0.2, 0.25) is 0 Å². The first-order valence-electron chi connectivity index (χ1n) is 7.07. The minimum Gasteiger partial charge on any atom is -0.481 e. The van der Waals surface area contributed by atoms with E-state index in [1.807, 2.05) is 25.1 Å². The Morgan fingerprint density at radius 1 is 1.41 bits per heavy atom. The molecule has 0 fully saturated rings. The molecule has 1 aromatic carbocycles. The number of aryl methyl sites for hydroxylation is 1. The second kappa shape index (κ2) is 9.90. The van der Waals surface area contributed by atoms with E-state index in [0.29, 0.717) is 31.3 Å². The SMILES string of the molecule is Cc1ccc(N(CCCl)OCCCl)cc1C[C@@H](N)CC(=O)O. The molecular formula is C15H22Cl2N2O3. The Kier molecular flexibility index (Phi) is 8.56. The summed E-state index contributed by atoms with van der Waals surface area (Å²) in [5, 5.41) is 10.5. The third-order valence-corrected chi connectivity index (χ3v) is 3.47. The minimum atomic E-state index is -0.893. The number of rotatable bonds is 10. The second-order valence-corrected chi connectivity index (χ2v) is 5.74. The van der Waals surface area contributed by atoms with Gasteiger partial charge < -0.3 is 10.8 Å². The Balaban J connectivity index is 2.88. The third-order valence-electron chi connectivity index (χ3n) is 3.15. The van der Waals surface area contributed by atoms with Crippen molar-refractivity contribution >= 4 is 34.9 Å². The van der Waals surface area contributed by atoms with Crippen molar-refractivity contribution in [2.75, 3.05) is 30.0 Å². The summed E-state index contributed by atoms with van der Waals surface area (Å²) in [4.78, 5) is 16.3. The molecule has 0 bridgehead atoms. The number of nitrogens with zero attached hydrogens (tertiary/aromatic N) is 1. The Morgan fingerprint density at radius 3 is 2.73 bits per heavy atom. The number of aliphatic carboxylic acids is 1. The number of halogens is 2. The molecule has 0 amide bonds. The van der Waals surface area contributed by atoms with Crippen LogP contribution in [0.1, 0.15) is 17.5 Å². The number of hydrogen-bond acceptors (Lipinski definition) is 4. The molecule has 1 atom stereocenters. The first kappa shape index (κ1) is 19.0. The van der Waals surface area contributed by atoms with Gasteiger partial charge in [-0.3, -0.25) is 14.7 Å². The Hall–Kier alpha value is -1.01. The zero-order valence-corrected chi connectivity index (χ0v) is 14.1. The Labute approximate surface area is 140 Å². The van der Waals surface area contributed by atoms with Gasteiger partial charge in [0.25, 0.3) is 0 Å². The summed E-state index contributed by atoms with van der Waals surface area (Å²) in [5.41, 5.74) is 8.79. The third kappa shape index (κ3) is 6.40. The van der Waals surface area contributed by atoms with Gasteiger partial charge in [-0.15, -0.1) is 23.2 Å². The fourth-order valence-electron chi connectivity index (χ4n) is 2.10. The summed E-state index contributed by atoms with van der Waals surface area (Å²) in [7, 11) is 0. The van der Waals surface area contributed by atoms with Crippen molar-refractivity contribution in [1.29, 1.82) is 0 Å². The number of carboxylic acid groups (broad SMARTS) is 1. The van der Waals surface area contributed by atoms with Crippen LogP contribution in [-0.4, -0.2) is 42.0 Å². The number of carboxylic acids is 1. The van der Waals surface area contributed by atoms with Gasteiger partial charge in [0.1, 0.15) is 0 Å². The summed E-state index contributed by atoms with van der Waals surface area (Å²) in [6.45, 7) is 2.89. The van der Waals surface area contributed by atoms with Crippen molar-refractivity contribution in [2.24, 2.45) is 5.73 Å². The van der Waals surface area contributed by atoms with E-state index in [1.54, 1.807) is 5.06 Å². The number of hydroxylamine groups is 1. The molecule has 0 saturated heterocycles. The number of carbonyl (C=O) groups is 1. The molecule has 0 aliphatic rings. The molecule has 124 valence electrons. The lowest BCUT2D eigenvalue weighted by Gasteiger charge is -2.24. The molecule has 1 rings (SSSR count). The average molecular weight is 349 g/mol.